The summed E-state index contributed by atoms with van der Waals surface area (Å²) in [6, 6.07) is 11.0. The molecule has 0 saturated heterocycles. The molecule has 20 heavy (non-hydrogen) atoms. The minimum atomic E-state index is -3.67. The number of sulfonamides is 1. The molecular formula is C14H13N3O2S. The van der Waals surface area contributed by atoms with E-state index in [-0.39, 0.29) is 4.90 Å². The molecule has 0 spiro atoms. The normalized spacial score (nSPS) is 12.6. The summed E-state index contributed by atoms with van der Waals surface area (Å²) in [6.07, 6.45) is 3.24. The van der Waals surface area contributed by atoms with Crippen molar-refractivity contribution < 1.29 is 8.42 Å². The van der Waals surface area contributed by atoms with E-state index in [4.69, 9.17) is 5.26 Å². The van der Waals surface area contributed by atoms with Gasteiger partial charge in [-0.2, -0.15) is 5.26 Å². The standard InChI is InChI=1S/C14H13N3O2S/c1-11(13-5-3-7-16-10-13)17-20(18,19)14-6-2-4-12(8-14)9-15/h2-8,10-11,17H,1H3/t11-/m0/s1. The van der Waals surface area contributed by atoms with E-state index in [2.05, 4.69) is 9.71 Å². The van der Waals surface area contributed by atoms with E-state index in [0.717, 1.165) is 5.56 Å². The van der Waals surface area contributed by atoms with Gasteiger partial charge in [0.1, 0.15) is 0 Å². The van der Waals surface area contributed by atoms with Crippen molar-refractivity contribution >= 4 is 10.0 Å². The molecule has 2 aromatic rings. The van der Waals surface area contributed by atoms with Crippen LogP contribution in [-0.2, 0) is 10.0 Å². The fourth-order valence-corrected chi connectivity index (χ4v) is 3.01. The summed E-state index contributed by atoms with van der Waals surface area (Å²) in [5.41, 5.74) is 1.08. The van der Waals surface area contributed by atoms with Gasteiger partial charge in [-0.15, -0.1) is 0 Å². The fourth-order valence-electron chi connectivity index (χ4n) is 1.73. The van der Waals surface area contributed by atoms with Crippen molar-refractivity contribution in [3.05, 3.63) is 59.9 Å². The molecule has 1 heterocycles. The highest BCUT2D eigenvalue weighted by Gasteiger charge is 2.18. The van der Waals surface area contributed by atoms with Crippen molar-refractivity contribution in [3.63, 3.8) is 0 Å². The van der Waals surface area contributed by atoms with Crippen LogP contribution in [0.4, 0.5) is 0 Å². The summed E-state index contributed by atoms with van der Waals surface area (Å²) in [6.45, 7) is 1.74. The van der Waals surface area contributed by atoms with Crippen molar-refractivity contribution in [3.8, 4) is 6.07 Å². The van der Waals surface area contributed by atoms with Gasteiger partial charge in [0.2, 0.25) is 10.0 Å². The van der Waals surface area contributed by atoms with E-state index in [9.17, 15) is 8.42 Å². The third kappa shape index (κ3) is 3.20. The third-order valence-corrected chi connectivity index (χ3v) is 4.33. The van der Waals surface area contributed by atoms with Crippen LogP contribution in [0.2, 0.25) is 0 Å². The number of hydrogen-bond acceptors (Lipinski definition) is 4. The zero-order chi connectivity index (χ0) is 14.6. The Morgan fingerprint density at radius 3 is 2.75 bits per heavy atom. The van der Waals surface area contributed by atoms with Crippen molar-refractivity contribution in [2.45, 2.75) is 17.9 Å². The van der Waals surface area contributed by atoms with Crippen molar-refractivity contribution in [1.29, 1.82) is 5.26 Å². The lowest BCUT2D eigenvalue weighted by Crippen LogP contribution is -2.27. The lowest BCUT2D eigenvalue weighted by atomic mass is 10.2. The molecule has 6 heteroatoms. The van der Waals surface area contributed by atoms with Crippen LogP contribution in [0.25, 0.3) is 0 Å². The molecule has 1 atom stereocenters. The zero-order valence-electron chi connectivity index (χ0n) is 10.8. The molecule has 0 aliphatic carbocycles. The highest BCUT2D eigenvalue weighted by atomic mass is 32.2. The minimum Gasteiger partial charge on any atom is -0.264 e. The van der Waals surface area contributed by atoms with E-state index in [0.29, 0.717) is 5.56 Å². The predicted octanol–water partition coefficient (Wildman–Crippen LogP) is 1.99. The maximum Gasteiger partial charge on any atom is 0.241 e. The van der Waals surface area contributed by atoms with E-state index in [1.807, 2.05) is 6.07 Å². The summed E-state index contributed by atoms with van der Waals surface area (Å²) >= 11 is 0. The molecule has 0 radical (unpaired) electrons. The molecule has 0 saturated carbocycles. The molecule has 0 fully saturated rings. The van der Waals surface area contributed by atoms with Gasteiger partial charge in [-0.3, -0.25) is 4.98 Å². The van der Waals surface area contributed by atoms with Crippen LogP contribution < -0.4 is 4.72 Å². The second-order valence-corrected chi connectivity index (χ2v) is 5.98. The summed E-state index contributed by atoms with van der Waals surface area (Å²) in [7, 11) is -3.67. The Bertz CT molecular complexity index is 737. The SMILES string of the molecule is C[C@H](NS(=O)(=O)c1cccc(C#N)c1)c1cccnc1. The van der Waals surface area contributed by atoms with E-state index in [1.54, 1.807) is 43.6 Å². The first kappa shape index (κ1) is 14.2. The quantitative estimate of drug-likeness (QED) is 0.932. The van der Waals surface area contributed by atoms with Gasteiger partial charge in [-0.1, -0.05) is 12.1 Å². The van der Waals surface area contributed by atoms with Gasteiger partial charge < -0.3 is 0 Å². The van der Waals surface area contributed by atoms with Crippen molar-refractivity contribution in [1.82, 2.24) is 9.71 Å². The number of pyridine rings is 1. The Balaban J connectivity index is 2.25. The summed E-state index contributed by atoms with van der Waals surface area (Å²) in [5.74, 6) is 0. The second-order valence-electron chi connectivity index (χ2n) is 4.27. The number of nitrogens with zero attached hydrogens (tertiary/aromatic N) is 2. The first-order chi connectivity index (χ1) is 9.53. The molecule has 0 unspecified atom stereocenters. The van der Waals surface area contributed by atoms with E-state index >= 15 is 0 Å². The van der Waals surface area contributed by atoms with E-state index < -0.39 is 16.1 Å². The van der Waals surface area contributed by atoms with Gasteiger partial charge in [0.05, 0.1) is 16.5 Å². The Morgan fingerprint density at radius 1 is 1.30 bits per heavy atom. The Kier molecular flexibility index (Phi) is 4.13. The summed E-state index contributed by atoms with van der Waals surface area (Å²) in [5, 5.41) is 8.81. The molecule has 0 aliphatic heterocycles. The Morgan fingerprint density at radius 2 is 2.10 bits per heavy atom. The molecule has 1 N–H and O–H groups in total. The molecule has 1 aromatic carbocycles. The average Bonchev–Trinajstić information content (AvgIpc) is 2.48. The highest BCUT2D eigenvalue weighted by Crippen LogP contribution is 2.16. The number of rotatable bonds is 4. The maximum atomic E-state index is 12.2. The Hall–Kier alpha value is -2.23. The minimum absolute atomic E-state index is 0.0762. The highest BCUT2D eigenvalue weighted by molar-refractivity contribution is 7.89. The van der Waals surface area contributed by atoms with Gasteiger partial charge >= 0.3 is 0 Å². The van der Waals surface area contributed by atoms with Crippen molar-refractivity contribution in [2.24, 2.45) is 0 Å². The monoisotopic (exact) mass is 287 g/mol. The number of benzene rings is 1. The fraction of sp³-hybridized carbons (Fsp3) is 0.143. The van der Waals surface area contributed by atoms with Crippen molar-refractivity contribution in [2.75, 3.05) is 0 Å². The van der Waals surface area contributed by atoms with Gasteiger partial charge in [0.15, 0.2) is 0 Å². The lowest BCUT2D eigenvalue weighted by Gasteiger charge is -2.14. The Labute approximate surface area is 118 Å². The molecule has 1 aromatic heterocycles. The molecular weight excluding hydrogens is 274 g/mol. The van der Waals surface area contributed by atoms with Gasteiger partial charge in [-0.05, 0) is 36.8 Å². The van der Waals surface area contributed by atoms with E-state index in [1.165, 1.54) is 12.1 Å². The van der Waals surface area contributed by atoms with Crippen LogP contribution in [-0.4, -0.2) is 13.4 Å². The summed E-state index contributed by atoms with van der Waals surface area (Å²) in [4.78, 5) is 4.03. The number of hydrogen-bond donors (Lipinski definition) is 1. The molecule has 2 rings (SSSR count). The smallest absolute Gasteiger partial charge is 0.241 e. The largest absolute Gasteiger partial charge is 0.264 e. The first-order valence-electron chi connectivity index (χ1n) is 5.95. The number of aromatic nitrogens is 1. The molecule has 0 aliphatic rings. The zero-order valence-corrected chi connectivity index (χ0v) is 11.6. The molecule has 5 nitrogen and oxygen atoms in total. The predicted molar refractivity (Wildman–Crippen MR) is 74.1 cm³/mol. The van der Waals surface area contributed by atoms with Gasteiger partial charge in [-0.25, -0.2) is 13.1 Å². The maximum absolute atomic E-state index is 12.2. The number of nitriles is 1. The average molecular weight is 287 g/mol. The van der Waals surface area contributed by atoms with Crippen LogP contribution >= 0.6 is 0 Å². The topological polar surface area (TPSA) is 82.9 Å². The lowest BCUT2D eigenvalue weighted by molar-refractivity contribution is 0.566. The van der Waals surface area contributed by atoms with Crippen LogP contribution in [0, 0.1) is 11.3 Å². The third-order valence-electron chi connectivity index (χ3n) is 2.79. The first-order valence-corrected chi connectivity index (χ1v) is 7.43. The van der Waals surface area contributed by atoms with Crippen LogP contribution in [0.1, 0.15) is 24.1 Å². The van der Waals surface area contributed by atoms with Crippen LogP contribution in [0.3, 0.4) is 0 Å². The number of nitrogens with one attached hydrogen (secondary N) is 1. The van der Waals surface area contributed by atoms with Gasteiger partial charge in [0, 0.05) is 18.4 Å². The molecule has 102 valence electrons. The molecule has 0 amide bonds. The summed E-state index contributed by atoms with van der Waals surface area (Å²) < 4.78 is 27.0. The molecule has 0 bridgehead atoms. The second kappa shape index (κ2) is 5.82. The van der Waals surface area contributed by atoms with Crippen LogP contribution in [0.5, 0.6) is 0 Å². The van der Waals surface area contributed by atoms with Crippen LogP contribution in [0.15, 0.2) is 53.7 Å². The van der Waals surface area contributed by atoms with Gasteiger partial charge in [0.25, 0.3) is 0 Å².